The van der Waals surface area contributed by atoms with E-state index in [1.54, 1.807) is 24.3 Å². The van der Waals surface area contributed by atoms with Crippen molar-refractivity contribution in [3.8, 4) is 0 Å². The Morgan fingerprint density at radius 3 is 2.67 bits per heavy atom. The molecule has 1 heterocycles. The average Bonchev–Trinajstić information content (AvgIpc) is 2.41. The summed E-state index contributed by atoms with van der Waals surface area (Å²) < 4.78 is 13.3. The van der Waals surface area contributed by atoms with Crippen LogP contribution < -0.4 is 11.1 Å². The molecule has 1 aromatic carbocycles. The third-order valence-electron chi connectivity index (χ3n) is 2.47. The second-order valence-corrected chi connectivity index (χ2v) is 3.73. The molecular weight excluding hydrogens is 233 g/mol. The normalized spacial score (nSPS) is 11.9. The number of amides is 1. The van der Waals surface area contributed by atoms with Crippen molar-refractivity contribution in [1.29, 1.82) is 0 Å². The summed E-state index contributed by atoms with van der Waals surface area (Å²) >= 11 is 0. The Balaban J connectivity index is 2.12. The molecule has 3 N–H and O–H groups in total. The van der Waals surface area contributed by atoms with Gasteiger partial charge in [-0.25, -0.2) is 4.39 Å². The van der Waals surface area contributed by atoms with Gasteiger partial charge in [0.15, 0.2) is 5.82 Å². The van der Waals surface area contributed by atoms with E-state index in [0.29, 0.717) is 5.56 Å². The third kappa shape index (κ3) is 2.70. The first-order valence-corrected chi connectivity index (χ1v) is 5.39. The van der Waals surface area contributed by atoms with Gasteiger partial charge in [0.1, 0.15) is 6.04 Å². The van der Waals surface area contributed by atoms with Crippen molar-refractivity contribution < 1.29 is 9.18 Å². The van der Waals surface area contributed by atoms with E-state index in [9.17, 15) is 9.18 Å². The van der Waals surface area contributed by atoms with Crippen molar-refractivity contribution in [2.75, 3.05) is 5.32 Å². The smallest absolute Gasteiger partial charge is 0.245 e. The van der Waals surface area contributed by atoms with Crippen LogP contribution in [0.15, 0.2) is 48.8 Å². The fourth-order valence-electron chi connectivity index (χ4n) is 1.50. The summed E-state index contributed by atoms with van der Waals surface area (Å²) in [6.45, 7) is 0. The second kappa shape index (κ2) is 5.37. The quantitative estimate of drug-likeness (QED) is 0.867. The van der Waals surface area contributed by atoms with Gasteiger partial charge in [-0.15, -0.1) is 0 Å². The molecular formula is C13H12FN3O. The number of carbonyl (C=O) groups excluding carboxylic acids is 1. The van der Waals surface area contributed by atoms with E-state index in [-0.39, 0.29) is 5.69 Å². The Labute approximate surface area is 104 Å². The van der Waals surface area contributed by atoms with Crippen LogP contribution in [0.25, 0.3) is 0 Å². The van der Waals surface area contributed by atoms with E-state index < -0.39 is 17.8 Å². The molecule has 0 fully saturated rings. The number of rotatable bonds is 3. The van der Waals surface area contributed by atoms with Crippen molar-refractivity contribution >= 4 is 11.6 Å². The molecule has 0 radical (unpaired) electrons. The molecule has 1 amide bonds. The average molecular weight is 245 g/mol. The van der Waals surface area contributed by atoms with Crippen molar-refractivity contribution in [1.82, 2.24) is 4.98 Å². The molecule has 0 unspecified atom stereocenters. The summed E-state index contributed by atoms with van der Waals surface area (Å²) in [6, 6.07) is 9.44. The monoisotopic (exact) mass is 245 g/mol. The lowest BCUT2D eigenvalue weighted by molar-refractivity contribution is -0.117. The van der Waals surface area contributed by atoms with Crippen LogP contribution in [-0.4, -0.2) is 10.9 Å². The molecule has 4 nitrogen and oxygen atoms in total. The highest BCUT2D eigenvalue weighted by atomic mass is 19.1. The summed E-state index contributed by atoms with van der Waals surface area (Å²) in [5.74, 6) is -1.06. The van der Waals surface area contributed by atoms with Gasteiger partial charge in [0.25, 0.3) is 0 Å². The van der Waals surface area contributed by atoms with Crippen LogP contribution in [0.4, 0.5) is 10.1 Å². The maximum Gasteiger partial charge on any atom is 0.245 e. The number of hydrogen-bond donors (Lipinski definition) is 2. The number of benzene rings is 1. The molecule has 0 saturated carbocycles. The lowest BCUT2D eigenvalue weighted by atomic mass is 10.1. The second-order valence-electron chi connectivity index (χ2n) is 3.73. The minimum atomic E-state index is -0.834. The highest BCUT2D eigenvalue weighted by Crippen LogP contribution is 2.15. The van der Waals surface area contributed by atoms with E-state index in [1.165, 1.54) is 12.3 Å². The molecule has 5 heteroatoms. The molecule has 0 bridgehead atoms. The van der Waals surface area contributed by atoms with Crippen molar-refractivity contribution in [2.45, 2.75) is 6.04 Å². The number of nitrogens with two attached hydrogens (primary N) is 1. The predicted molar refractivity (Wildman–Crippen MR) is 66.2 cm³/mol. The van der Waals surface area contributed by atoms with Crippen molar-refractivity contribution in [3.63, 3.8) is 0 Å². The Morgan fingerprint density at radius 1 is 1.28 bits per heavy atom. The molecule has 1 aromatic heterocycles. The van der Waals surface area contributed by atoms with Crippen LogP contribution in [-0.2, 0) is 4.79 Å². The molecule has 18 heavy (non-hydrogen) atoms. The fourth-order valence-corrected chi connectivity index (χ4v) is 1.50. The van der Waals surface area contributed by atoms with Gasteiger partial charge in [-0.3, -0.25) is 9.78 Å². The van der Waals surface area contributed by atoms with Gasteiger partial charge >= 0.3 is 0 Å². The van der Waals surface area contributed by atoms with Crippen LogP contribution in [0.2, 0.25) is 0 Å². The van der Waals surface area contributed by atoms with Gasteiger partial charge in [-0.1, -0.05) is 30.3 Å². The number of aromatic nitrogens is 1. The molecule has 2 rings (SSSR count). The summed E-state index contributed by atoms with van der Waals surface area (Å²) in [4.78, 5) is 15.4. The summed E-state index contributed by atoms with van der Waals surface area (Å²) in [7, 11) is 0. The maximum atomic E-state index is 13.3. The maximum absolute atomic E-state index is 13.3. The third-order valence-corrected chi connectivity index (χ3v) is 2.47. The van der Waals surface area contributed by atoms with E-state index >= 15 is 0 Å². The Hall–Kier alpha value is -2.27. The lowest BCUT2D eigenvalue weighted by Gasteiger charge is -2.12. The van der Waals surface area contributed by atoms with E-state index in [4.69, 9.17) is 5.73 Å². The number of nitrogens with zero attached hydrogens (tertiary/aromatic N) is 1. The number of carbonyl (C=O) groups is 1. The van der Waals surface area contributed by atoms with Gasteiger partial charge in [0, 0.05) is 6.20 Å². The molecule has 2 aromatic rings. The molecule has 92 valence electrons. The van der Waals surface area contributed by atoms with Crippen LogP contribution in [0.1, 0.15) is 11.6 Å². The van der Waals surface area contributed by atoms with Crippen LogP contribution in [0, 0.1) is 5.82 Å². The minimum Gasteiger partial charge on any atom is -0.322 e. The van der Waals surface area contributed by atoms with Crippen LogP contribution >= 0.6 is 0 Å². The minimum absolute atomic E-state index is 0.0707. The van der Waals surface area contributed by atoms with Gasteiger partial charge in [0.05, 0.1) is 11.9 Å². The Bertz CT molecular complexity index is 545. The van der Waals surface area contributed by atoms with Crippen molar-refractivity contribution in [3.05, 3.63) is 60.2 Å². The predicted octanol–water partition coefficient (Wildman–Crippen LogP) is 1.86. The largest absolute Gasteiger partial charge is 0.322 e. The zero-order chi connectivity index (χ0) is 13.0. The van der Waals surface area contributed by atoms with E-state index in [0.717, 1.165) is 6.20 Å². The number of nitrogens with one attached hydrogen (secondary N) is 1. The highest BCUT2D eigenvalue weighted by molar-refractivity contribution is 5.95. The zero-order valence-electron chi connectivity index (χ0n) is 9.51. The SMILES string of the molecule is N[C@H](C(=O)Nc1ccncc1F)c1ccccc1. The van der Waals surface area contributed by atoms with Gasteiger partial charge < -0.3 is 11.1 Å². The van der Waals surface area contributed by atoms with Crippen LogP contribution in [0.3, 0.4) is 0 Å². The Kier molecular flexibility index (Phi) is 3.64. The standard InChI is InChI=1S/C13H12FN3O/c14-10-8-16-7-6-11(10)17-13(18)12(15)9-4-2-1-3-5-9/h1-8,12H,15H2,(H,16,17,18)/t12-/m0/s1. The lowest BCUT2D eigenvalue weighted by Crippen LogP contribution is -2.28. The number of hydrogen-bond acceptors (Lipinski definition) is 3. The van der Waals surface area contributed by atoms with E-state index in [2.05, 4.69) is 10.3 Å². The van der Waals surface area contributed by atoms with E-state index in [1.807, 2.05) is 6.07 Å². The molecule has 0 aliphatic rings. The van der Waals surface area contributed by atoms with Gasteiger partial charge in [-0.05, 0) is 11.6 Å². The summed E-state index contributed by atoms with van der Waals surface area (Å²) in [6.07, 6.45) is 2.43. The number of halogens is 1. The zero-order valence-corrected chi connectivity index (χ0v) is 9.51. The summed E-state index contributed by atoms with van der Waals surface area (Å²) in [5.41, 5.74) is 6.53. The molecule has 0 saturated heterocycles. The first-order chi connectivity index (χ1) is 8.68. The fraction of sp³-hybridized carbons (Fsp3) is 0.0769. The first-order valence-electron chi connectivity index (χ1n) is 5.39. The Morgan fingerprint density at radius 2 is 2.00 bits per heavy atom. The summed E-state index contributed by atoms with van der Waals surface area (Å²) in [5, 5.41) is 2.43. The van der Waals surface area contributed by atoms with Gasteiger partial charge in [-0.2, -0.15) is 0 Å². The molecule has 1 atom stereocenters. The topological polar surface area (TPSA) is 68.0 Å². The first kappa shape index (κ1) is 12.2. The molecule has 0 aliphatic heterocycles. The number of pyridine rings is 1. The van der Waals surface area contributed by atoms with Crippen molar-refractivity contribution in [2.24, 2.45) is 5.73 Å². The molecule has 0 spiro atoms. The van der Waals surface area contributed by atoms with Gasteiger partial charge in [0.2, 0.25) is 5.91 Å². The van der Waals surface area contributed by atoms with Crippen LogP contribution in [0.5, 0.6) is 0 Å². The highest BCUT2D eigenvalue weighted by Gasteiger charge is 2.16. The number of anilines is 1. The molecule has 0 aliphatic carbocycles.